The van der Waals surface area contributed by atoms with Crippen LogP contribution in [0.1, 0.15) is 0 Å². The summed E-state index contributed by atoms with van der Waals surface area (Å²) in [6.07, 6.45) is 12.7. The fourth-order valence-electron chi connectivity index (χ4n) is 2.04. The first-order valence-corrected chi connectivity index (χ1v) is 9.90. The Kier molecular flexibility index (Phi) is 6.38. The van der Waals surface area contributed by atoms with Crippen molar-refractivity contribution in [3.63, 3.8) is 0 Å². The molecule has 0 heterocycles. The Hall–Kier alpha value is -3.38. The van der Waals surface area contributed by atoms with Crippen LogP contribution in [0.4, 0.5) is 0 Å². The molecule has 0 aromatic heterocycles. The van der Waals surface area contributed by atoms with Crippen molar-refractivity contribution in [3.05, 3.63) is 75.8 Å². The summed E-state index contributed by atoms with van der Waals surface area (Å²) in [5, 5.41) is 20.7. The van der Waals surface area contributed by atoms with Crippen molar-refractivity contribution in [2.24, 2.45) is 15.4 Å². The summed E-state index contributed by atoms with van der Waals surface area (Å²) in [7, 11) is -10.2. The lowest BCUT2D eigenvalue weighted by atomic mass is 10.0. The summed E-state index contributed by atoms with van der Waals surface area (Å²) >= 11 is 0. The number of rotatable bonds is 5. The fourth-order valence-corrected chi connectivity index (χ4v) is 3.93. The third-order valence-corrected chi connectivity index (χ3v) is 5.41. The first-order valence-electron chi connectivity index (χ1n) is 7.13. The number of allylic oxidation sites excluding steroid dienone is 11. The lowest BCUT2D eigenvalue weighted by molar-refractivity contribution is 0.386. The Balaban J connectivity index is 2.45. The highest BCUT2D eigenvalue weighted by Gasteiger charge is 2.29. The van der Waals surface area contributed by atoms with E-state index in [1.165, 1.54) is 24.3 Å². The van der Waals surface area contributed by atoms with Crippen LogP contribution in [0.25, 0.3) is 5.08 Å². The van der Waals surface area contributed by atoms with Crippen LogP contribution in [0.3, 0.4) is 0 Å². The normalized spacial score (nSPS) is 19.5. The summed E-state index contributed by atoms with van der Waals surface area (Å²) < 4.78 is 58.5. The van der Waals surface area contributed by atoms with E-state index in [4.69, 9.17) is 15.5 Å². The molecule has 0 aromatic carbocycles. The minimum Gasteiger partial charge on any atom is -0.263 e. The average Bonchev–Trinajstić information content (AvgIpc) is 2.60. The molecular formula is C14H11N6O6S2+. The number of hydrogen-bond acceptors (Lipinski definition) is 9. The third-order valence-electron chi connectivity index (χ3n) is 3.12. The van der Waals surface area contributed by atoms with Crippen molar-refractivity contribution in [2.45, 2.75) is 0 Å². The van der Waals surface area contributed by atoms with Crippen molar-refractivity contribution >= 4 is 31.9 Å². The molecule has 14 heteroatoms. The Morgan fingerprint density at radius 3 is 2.25 bits per heavy atom. The van der Waals surface area contributed by atoms with Crippen LogP contribution in [0.2, 0.25) is 0 Å². The smallest absolute Gasteiger partial charge is 0.263 e. The minimum absolute atomic E-state index is 0.00969. The Bertz CT molecular complexity index is 1170. The van der Waals surface area contributed by atoms with Gasteiger partial charge in [0.2, 0.25) is 0 Å². The van der Waals surface area contributed by atoms with Crippen LogP contribution in [0.5, 0.6) is 0 Å². The van der Waals surface area contributed by atoms with E-state index in [1.54, 1.807) is 24.3 Å². The minimum atomic E-state index is -5.30. The summed E-state index contributed by atoms with van der Waals surface area (Å²) in [4.78, 5) is -0.633. The number of diazo groups is 1. The Morgan fingerprint density at radius 1 is 1.04 bits per heavy atom. The van der Waals surface area contributed by atoms with Gasteiger partial charge < -0.3 is 0 Å². The fraction of sp³-hybridized carbons (Fsp3) is 0. The van der Waals surface area contributed by atoms with Crippen LogP contribution in [0.15, 0.2) is 86.2 Å². The summed E-state index contributed by atoms with van der Waals surface area (Å²) in [5.74, 6) is 0. The van der Waals surface area contributed by atoms with Crippen LogP contribution < -0.4 is 0 Å². The third kappa shape index (κ3) is 5.82. The molecule has 2 aliphatic rings. The average molecular weight is 423 g/mol. The highest BCUT2D eigenvalue weighted by Crippen LogP contribution is 2.26. The molecule has 2 aliphatic carbocycles. The summed E-state index contributed by atoms with van der Waals surface area (Å²) in [5.41, 5.74) is 7.63. The highest BCUT2D eigenvalue weighted by atomic mass is 32.3. The molecule has 0 saturated heterocycles. The van der Waals surface area contributed by atoms with Crippen molar-refractivity contribution in [2.75, 3.05) is 0 Å². The summed E-state index contributed by atoms with van der Waals surface area (Å²) in [6.45, 7) is 0. The van der Waals surface area contributed by atoms with Gasteiger partial charge in [-0.05, 0) is 35.5 Å². The zero-order valence-corrected chi connectivity index (χ0v) is 15.4. The molecule has 0 unspecified atom stereocenters. The summed E-state index contributed by atoms with van der Waals surface area (Å²) in [6, 6.07) is 0. The Labute approximate surface area is 159 Å². The topological polar surface area (TPSA) is 187 Å². The van der Waals surface area contributed by atoms with Crippen molar-refractivity contribution < 1.29 is 25.0 Å². The maximum atomic E-state index is 12.2. The molecule has 2 rings (SSSR count). The van der Waals surface area contributed by atoms with E-state index in [0.717, 1.165) is 6.08 Å². The van der Waals surface area contributed by atoms with E-state index in [0.29, 0.717) is 11.3 Å². The molecular weight excluding hydrogens is 412 g/mol. The molecule has 0 bridgehead atoms. The molecule has 0 spiro atoms. The monoisotopic (exact) mass is 423 g/mol. The highest BCUT2D eigenvalue weighted by molar-refractivity contribution is 8.00. The van der Waals surface area contributed by atoms with Gasteiger partial charge in [-0.25, -0.2) is 0 Å². The van der Waals surface area contributed by atoms with E-state index in [1.807, 2.05) is 0 Å². The van der Waals surface area contributed by atoms with E-state index in [-0.39, 0.29) is 11.3 Å². The molecule has 0 saturated carbocycles. The number of nitrogens with zero attached hydrogens (tertiary/aromatic N) is 5. The molecule has 0 radical (unpaired) electrons. The SMILES string of the molecule is N#[N+]N=C1C=CC(=CC=C2C=CC(=NN=N)C=C2)C(S(=O)(=O)OS(=O)(=O)O)=C1. The van der Waals surface area contributed by atoms with Crippen molar-refractivity contribution in [1.29, 1.82) is 10.9 Å². The standard InChI is InChI=1S/C14H10N6O6S2/c15-19-17-12-6-2-10(3-7-12)1-4-11-5-8-13(18-20-16)9-14(11)27(21,22)26-28(23,24)25/h1-9,15H/p+1. The zero-order chi connectivity index (χ0) is 20.8. The second-order valence-corrected chi connectivity index (χ2v) is 7.73. The van der Waals surface area contributed by atoms with Crippen molar-refractivity contribution in [3.8, 4) is 0 Å². The van der Waals surface area contributed by atoms with Crippen LogP contribution >= 0.6 is 0 Å². The quantitative estimate of drug-likeness (QED) is 0.293. The van der Waals surface area contributed by atoms with Gasteiger partial charge >= 0.3 is 25.6 Å². The zero-order valence-electron chi connectivity index (χ0n) is 13.7. The molecule has 0 atom stereocenters. The van der Waals surface area contributed by atoms with E-state index >= 15 is 0 Å². The van der Waals surface area contributed by atoms with Gasteiger partial charge in [0, 0.05) is 0 Å². The van der Waals surface area contributed by atoms with Crippen LogP contribution in [0, 0.1) is 10.9 Å². The van der Waals surface area contributed by atoms with Gasteiger partial charge in [0.1, 0.15) is 4.91 Å². The Morgan fingerprint density at radius 2 is 1.68 bits per heavy atom. The van der Waals surface area contributed by atoms with E-state index in [9.17, 15) is 16.8 Å². The molecule has 12 nitrogen and oxygen atoms in total. The first kappa shape index (κ1) is 20.9. The van der Waals surface area contributed by atoms with Gasteiger partial charge in [0.05, 0.1) is 5.71 Å². The number of nitrogens with one attached hydrogen (secondary N) is 1. The van der Waals surface area contributed by atoms with E-state index < -0.39 is 25.4 Å². The largest absolute Gasteiger partial charge is 0.412 e. The number of hydrogen-bond donors (Lipinski definition) is 2. The van der Waals surface area contributed by atoms with Gasteiger partial charge in [-0.3, -0.25) is 4.55 Å². The maximum absolute atomic E-state index is 12.2. The maximum Gasteiger partial charge on any atom is 0.412 e. The molecule has 2 N–H and O–H groups in total. The predicted octanol–water partition coefficient (Wildman–Crippen LogP) is 2.16. The lowest BCUT2D eigenvalue weighted by Gasteiger charge is -2.11. The lowest BCUT2D eigenvalue weighted by Crippen LogP contribution is -2.17. The predicted molar refractivity (Wildman–Crippen MR) is 98.3 cm³/mol. The second-order valence-electron chi connectivity index (χ2n) is 4.99. The molecule has 144 valence electrons. The molecule has 28 heavy (non-hydrogen) atoms. The van der Waals surface area contributed by atoms with Crippen LogP contribution in [-0.2, 0) is 24.1 Å². The van der Waals surface area contributed by atoms with Gasteiger partial charge in [-0.1, -0.05) is 35.6 Å². The van der Waals surface area contributed by atoms with Gasteiger partial charge in [-0.2, -0.15) is 22.4 Å². The van der Waals surface area contributed by atoms with Gasteiger partial charge in [-0.15, -0.1) is 8.73 Å². The molecule has 0 amide bonds. The molecule has 0 aromatic rings. The van der Waals surface area contributed by atoms with Gasteiger partial charge in [0.15, 0.2) is 10.8 Å². The van der Waals surface area contributed by atoms with Gasteiger partial charge in [0.25, 0.3) is 5.39 Å². The van der Waals surface area contributed by atoms with Crippen molar-refractivity contribution in [1.82, 2.24) is 0 Å². The van der Waals surface area contributed by atoms with Crippen LogP contribution in [-0.4, -0.2) is 32.8 Å². The molecule has 0 fully saturated rings. The first-order chi connectivity index (χ1) is 13.1. The second kappa shape index (κ2) is 8.54. The molecule has 0 aliphatic heterocycles. The van der Waals surface area contributed by atoms with E-state index in [2.05, 4.69) is 24.1 Å².